The van der Waals surface area contributed by atoms with Gasteiger partial charge in [-0.25, -0.2) is 4.98 Å². The second-order valence-corrected chi connectivity index (χ2v) is 7.68. The minimum Gasteiger partial charge on any atom is -0.495 e. The van der Waals surface area contributed by atoms with E-state index in [1.54, 1.807) is 19.5 Å². The van der Waals surface area contributed by atoms with Crippen molar-refractivity contribution >= 4 is 28.3 Å². The number of ether oxygens (including phenoxy) is 2. The van der Waals surface area contributed by atoms with Gasteiger partial charge in [-0.2, -0.15) is 0 Å². The number of pyridine rings is 2. The normalized spacial score (nSPS) is 14.3. The summed E-state index contributed by atoms with van der Waals surface area (Å²) in [6.45, 7) is 2.34. The van der Waals surface area contributed by atoms with E-state index in [0.717, 1.165) is 58.7 Å². The van der Waals surface area contributed by atoms with Crippen LogP contribution in [0.1, 0.15) is 6.42 Å². The number of hydrogen-bond acceptors (Lipinski definition) is 5. The summed E-state index contributed by atoms with van der Waals surface area (Å²) in [7, 11) is 1.63. The number of aromatic nitrogens is 3. The molecular formula is C23H21ClN4O2. The summed E-state index contributed by atoms with van der Waals surface area (Å²) in [6, 6.07) is 12.2. The Kier molecular flexibility index (Phi) is 5.02. The van der Waals surface area contributed by atoms with Gasteiger partial charge in [-0.05, 0) is 42.8 Å². The predicted molar refractivity (Wildman–Crippen MR) is 119 cm³/mol. The molecule has 1 aliphatic heterocycles. The van der Waals surface area contributed by atoms with Crippen molar-refractivity contribution in [2.75, 3.05) is 31.9 Å². The predicted octanol–water partition coefficient (Wildman–Crippen LogP) is 5.14. The first kappa shape index (κ1) is 18.9. The van der Waals surface area contributed by atoms with Gasteiger partial charge in [0, 0.05) is 52.2 Å². The fraction of sp³-hybridized carbons (Fsp3) is 0.217. The summed E-state index contributed by atoms with van der Waals surface area (Å²) >= 11 is 6.60. The maximum atomic E-state index is 6.60. The largest absolute Gasteiger partial charge is 0.495 e. The quantitative estimate of drug-likeness (QED) is 0.495. The summed E-state index contributed by atoms with van der Waals surface area (Å²) in [5.41, 5.74) is 4.91. The van der Waals surface area contributed by atoms with Gasteiger partial charge < -0.3 is 19.4 Å². The lowest BCUT2D eigenvalue weighted by atomic mass is 10.1. The average Bonchev–Trinajstić information content (AvgIpc) is 3.22. The topological polar surface area (TPSA) is 63.3 Å². The van der Waals surface area contributed by atoms with E-state index >= 15 is 0 Å². The summed E-state index contributed by atoms with van der Waals surface area (Å²) in [5.74, 6) is 1.62. The SMILES string of the molecule is COc1cncc(-c2cc3cc(-c4ccnc(N5CCCOC5)c4)[nH]c3cc2Cl)c1. The third-order valence-corrected chi connectivity index (χ3v) is 5.63. The van der Waals surface area contributed by atoms with Crippen LogP contribution in [-0.4, -0.2) is 41.9 Å². The molecule has 4 aromatic rings. The first-order valence-corrected chi connectivity index (χ1v) is 10.2. The van der Waals surface area contributed by atoms with Crippen molar-refractivity contribution in [2.24, 2.45) is 0 Å². The Balaban J connectivity index is 1.52. The number of anilines is 1. The molecule has 0 aliphatic carbocycles. The van der Waals surface area contributed by atoms with Crippen LogP contribution in [-0.2, 0) is 4.74 Å². The lowest BCUT2D eigenvalue weighted by molar-refractivity contribution is 0.106. The molecule has 5 rings (SSSR count). The van der Waals surface area contributed by atoms with Gasteiger partial charge in [0.25, 0.3) is 0 Å². The standard InChI is InChI=1S/C23H21ClN4O2/c1-29-18-7-17(12-25-13-18)19-8-16-9-21(27-22(16)11-20(19)24)15-3-4-26-23(10-15)28-5-2-6-30-14-28/h3-4,7-13,27H,2,5-6,14H2,1H3. The fourth-order valence-electron chi connectivity index (χ4n) is 3.75. The van der Waals surface area contributed by atoms with E-state index in [9.17, 15) is 0 Å². The monoisotopic (exact) mass is 420 g/mol. The Morgan fingerprint density at radius 3 is 2.90 bits per heavy atom. The minimum absolute atomic E-state index is 0.580. The molecular weight excluding hydrogens is 400 g/mol. The average molecular weight is 421 g/mol. The van der Waals surface area contributed by atoms with Gasteiger partial charge in [0.15, 0.2) is 0 Å². The van der Waals surface area contributed by atoms with Crippen molar-refractivity contribution in [1.82, 2.24) is 15.0 Å². The molecule has 0 saturated carbocycles. The van der Waals surface area contributed by atoms with Crippen molar-refractivity contribution in [1.29, 1.82) is 0 Å². The zero-order valence-corrected chi connectivity index (χ0v) is 17.3. The fourth-order valence-corrected chi connectivity index (χ4v) is 4.02. The number of halogens is 1. The number of methoxy groups -OCH3 is 1. The van der Waals surface area contributed by atoms with Gasteiger partial charge >= 0.3 is 0 Å². The van der Waals surface area contributed by atoms with Gasteiger partial charge in [-0.3, -0.25) is 4.98 Å². The first-order valence-electron chi connectivity index (χ1n) is 9.82. The summed E-state index contributed by atoms with van der Waals surface area (Å²) in [6.07, 6.45) is 6.32. The number of aromatic amines is 1. The number of rotatable bonds is 4. The van der Waals surface area contributed by atoms with Gasteiger partial charge in [-0.1, -0.05) is 11.6 Å². The Morgan fingerprint density at radius 2 is 2.07 bits per heavy atom. The van der Waals surface area contributed by atoms with Crippen molar-refractivity contribution in [3.05, 3.63) is 60.0 Å². The van der Waals surface area contributed by atoms with Crippen LogP contribution < -0.4 is 9.64 Å². The van der Waals surface area contributed by atoms with Crippen LogP contribution in [0.15, 0.2) is 55.0 Å². The van der Waals surface area contributed by atoms with E-state index < -0.39 is 0 Å². The molecule has 152 valence electrons. The molecule has 7 heteroatoms. The maximum Gasteiger partial charge on any atom is 0.137 e. The van der Waals surface area contributed by atoms with Gasteiger partial charge in [-0.15, -0.1) is 0 Å². The Bertz CT molecular complexity index is 1200. The summed E-state index contributed by atoms with van der Waals surface area (Å²) in [4.78, 5) is 14.4. The highest BCUT2D eigenvalue weighted by molar-refractivity contribution is 6.34. The third-order valence-electron chi connectivity index (χ3n) is 5.31. The van der Waals surface area contributed by atoms with Crippen LogP contribution in [0.3, 0.4) is 0 Å². The highest BCUT2D eigenvalue weighted by Crippen LogP contribution is 2.35. The minimum atomic E-state index is 0.580. The molecule has 1 aliphatic rings. The van der Waals surface area contributed by atoms with E-state index in [2.05, 4.69) is 38.1 Å². The molecule has 6 nitrogen and oxygen atoms in total. The van der Waals surface area contributed by atoms with Crippen LogP contribution in [0.4, 0.5) is 5.82 Å². The Morgan fingerprint density at radius 1 is 1.13 bits per heavy atom. The molecule has 30 heavy (non-hydrogen) atoms. The second-order valence-electron chi connectivity index (χ2n) is 7.27. The zero-order valence-electron chi connectivity index (χ0n) is 16.6. The highest BCUT2D eigenvalue weighted by Gasteiger charge is 2.15. The second kappa shape index (κ2) is 7.97. The van der Waals surface area contributed by atoms with E-state index in [4.69, 9.17) is 21.1 Å². The maximum absolute atomic E-state index is 6.60. The zero-order chi connectivity index (χ0) is 20.5. The highest BCUT2D eigenvalue weighted by atomic mass is 35.5. The molecule has 1 N–H and O–H groups in total. The smallest absolute Gasteiger partial charge is 0.137 e. The van der Waals surface area contributed by atoms with Crippen LogP contribution in [0.5, 0.6) is 5.75 Å². The van der Waals surface area contributed by atoms with Gasteiger partial charge in [0.2, 0.25) is 0 Å². The molecule has 0 atom stereocenters. The van der Waals surface area contributed by atoms with Gasteiger partial charge in [0.05, 0.1) is 24.9 Å². The first-order chi connectivity index (χ1) is 14.7. The van der Waals surface area contributed by atoms with Crippen LogP contribution in [0, 0.1) is 0 Å². The Hall–Kier alpha value is -3.09. The molecule has 4 heterocycles. The van der Waals surface area contributed by atoms with E-state index in [-0.39, 0.29) is 0 Å². The number of nitrogens with one attached hydrogen (secondary N) is 1. The molecule has 3 aromatic heterocycles. The number of hydrogen-bond donors (Lipinski definition) is 1. The Labute approximate surface area is 179 Å². The molecule has 0 bridgehead atoms. The van der Waals surface area contributed by atoms with Crippen molar-refractivity contribution in [2.45, 2.75) is 6.42 Å². The molecule has 0 unspecified atom stereocenters. The molecule has 0 spiro atoms. The number of H-pyrrole nitrogens is 1. The van der Waals surface area contributed by atoms with E-state index in [0.29, 0.717) is 17.5 Å². The number of benzene rings is 1. The molecule has 1 saturated heterocycles. The molecule has 1 aromatic carbocycles. The summed E-state index contributed by atoms with van der Waals surface area (Å²) in [5, 5.41) is 1.73. The lowest BCUT2D eigenvalue weighted by Gasteiger charge is -2.27. The molecule has 1 fully saturated rings. The van der Waals surface area contributed by atoms with Crippen molar-refractivity contribution in [3.63, 3.8) is 0 Å². The van der Waals surface area contributed by atoms with Crippen molar-refractivity contribution in [3.8, 4) is 28.1 Å². The molecule has 0 radical (unpaired) electrons. The summed E-state index contributed by atoms with van der Waals surface area (Å²) < 4.78 is 10.9. The van der Waals surface area contributed by atoms with Crippen LogP contribution >= 0.6 is 11.6 Å². The van der Waals surface area contributed by atoms with Crippen LogP contribution in [0.2, 0.25) is 5.02 Å². The van der Waals surface area contributed by atoms with Crippen molar-refractivity contribution < 1.29 is 9.47 Å². The van der Waals surface area contributed by atoms with E-state index in [1.165, 1.54) is 0 Å². The van der Waals surface area contributed by atoms with Crippen LogP contribution in [0.25, 0.3) is 33.3 Å². The third kappa shape index (κ3) is 3.60. The molecule has 0 amide bonds. The van der Waals surface area contributed by atoms with E-state index in [1.807, 2.05) is 24.4 Å². The number of nitrogens with zero attached hydrogens (tertiary/aromatic N) is 3. The lowest BCUT2D eigenvalue weighted by Crippen LogP contribution is -2.33. The number of fused-ring (bicyclic) bond motifs is 1. The van der Waals surface area contributed by atoms with Gasteiger partial charge in [0.1, 0.15) is 18.3 Å².